The Balaban J connectivity index is 1.81. The predicted octanol–water partition coefficient (Wildman–Crippen LogP) is 2.65. The van der Waals surface area contributed by atoms with Crippen molar-refractivity contribution < 1.29 is 18.7 Å². The lowest BCUT2D eigenvalue weighted by Gasteiger charge is -2.36. The molecule has 23 heavy (non-hydrogen) atoms. The Bertz CT molecular complexity index is 628. The largest absolute Gasteiger partial charge is 0.497 e. The van der Waals surface area contributed by atoms with Gasteiger partial charge in [-0.1, -0.05) is 12.1 Å². The van der Waals surface area contributed by atoms with E-state index in [1.54, 1.807) is 13.4 Å². The Morgan fingerprint density at radius 3 is 2.57 bits per heavy atom. The Labute approximate surface area is 135 Å². The number of methoxy groups -OCH3 is 1. The Morgan fingerprint density at radius 2 is 1.96 bits per heavy atom. The minimum absolute atomic E-state index is 0.0161. The van der Waals surface area contributed by atoms with Gasteiger partial charge in [-0.25, -0.2) is 0 Å². The maximum Gasteiger partial charge on any atom is 0.231 e. The van der Waals surface area contributed by atoms with Crippen LogP contribution in [0.25, 0.3) is 0 Å². The summed E-state index contributed by atoms with van der Waals surface area (Å²) in [5, 5.41) is 3.00. The summed E-state index contributed by atoms with van der Waals surface area (Å²) in [4.78, 5) is 12.9. The minimum atomic E-state index is -0.558. The van der Waals surface area contributed by atoms with Crippen molar-refractivity contribution in [3.63, 3.8) is 0 Å². The van der Waals surface area contributed by atoms with E-state index < -0.39 is 5.41 Å². The molecule has 1 N–H and O–H groups in total. The third-order valence-corrected chi connectivity index (χ3v) is 4.43. The number of nitrogens with one attached hydrogen (secondary N) is 1. The summed E-state index contributed by atoms with van der Waals surface area (Å²) in [6.07, 6.45) is 2.95. The number of ether oxygens (including phenoxy) is 2. The van der Waals surface area contributed by atoms with E-state index in [-0.39, 0.29) is 5.91 Å². The molecular formula is C18H21NO4. The maximum atomic E-state index is 12.9. The summed E-state index contributed by atoms with van der Waals surface area (Å²) >= 11 is 0. The van der Waals surface area contributed by atoms with E-state index in [2.05, 4.69) is 5.32 Å². The average molecular weight is 315 g/mol. The first kappa shape index (κ1) is 15.6. The van der Waals surface area contributed by atoms with Gasteiger partial charge in [0.1, 0.15) is 11.5 Å². The average Bonchev–Trinajstić information content (AvgIpc) is 3.14. The van der Waals surface area contributed by atoms with Crippen LogP contribution < -0.4 is 10.1 Å². The van der Waals surface area contributed by atoms with Gasteiger partial charge in [0, 0.05) is 13.2 Å². The van der Waals surface area contributed by atoms with Gasteiger partial charge in [0.25, 0.3) is 0 Å². The molecule has 0 spiro atoms. The van der Waals surface area contributed by atoms with Crippen LogP contribution in [0.1, 0.15) is 24.2 Å². The van der Waals surface area contributed by atoms with Gasteiger partial charge in [-0.3, -0.25) is 4.79 Å². The molecule has 0 saturated carbocycles. The van der Waals surface area contributed by atoms with E-state index in [9.17, 15) is 4.79 Å². The van der Waals surface area contributed by atoms with Crippen LogP contribution in [0, 0.1) is 0 Å². The maximum absolute atomic E-state index is 12.9. The van der Waals surface area contributed by atoms with Gasteiger partial charge in [-0.05, 0) is 42.7 Å². The number of furan rings is 1. The Morgan fingerprint density at radius 1 is 1.22 bits per heavy atom. The number of carbonyl (C=O) groups is 1. The lowest BCUT2D eigenvalue weighted by atomic mass is 9.73. The lowest BCUT2D eigenvalue weighted by molar-refractivity contribution is -0.130. The fraction of sp³-hybridized carbons (Fsp3) is 0.389. The molecule has 2 aromatic rings. The van der Waals surface area contributed by atoms with Crippen LogP contribution in [0.3, 0.4) is 0 Å². The van der Waals surface area contributed by atoms with Crippen molar-refractivity contribution in [1.82, 2.24) is 5.32 Å². The van der Waals surface area contributed by atoms with Crippen LogP contribution in [0.5, 0.6) is 5.75 Å². The van der Waals surface area contributed by atoms with E-state index >= 15 is 0 Å². The summed E-state index contributed by atoms with van der Waals surface area (Å²) in [5.74, 6) is 1.55. The zero-order valence-electron chi connectivity index (χ0n) is 13.2. The zero-order valence-corrected chi connectivity index (χ0v) is 13.2. The molecule has 5 heteroatoms. The number of carbonyl (C=O) groups excluding carboxylic acids is 1. The van der Waals surface area contributed by atoms with Gasteiger partial charge in [-0.2, -0.15) is 0 Å². The summed E-state index contributed by atoms with van der Waals surface area (Å²) < 4.78 is 16.0. The molecule has 1 aliphatic heterocycles. The molecule has 0 bridgehead atoms. The van der Waals surface area contributed by atoms with Crippen molar-refractivity contribution in [1.29, 1.82) is 0 Å². The van der Waals surface area contributed by atoms with Crippen molar-refractivity contribution in [2.45, 2.75) is 24.8 Å². The van der Waals surface area contributed by atoms with Crippen LogP contribution in [0.4, 0.5) is 0 Å². The van der Waals surface area contributed by atoms with Gasteiger partial charge >= 0.3 is 0 Å². The summed E-state index contributed by atoms with van der Waals surface area (Å²) in [7, 11) is 1.63. The molecule has 3 rings (SSSR count). The standard InChI is InChI=1S/C18H21NO4/c1-21-15-6-4-14(5-7-15)18(8-11-22-12-9-18)17(20)19-13-16-3-2-10-23-16/h2-7,10H,8-9,11-13H2,1H3,(H,19,20). The molecule has 0 aliphatic carbocycles. The van der Waals surface area contributed by atoms with Gasteiger partial charge in [-0.15, -0.1) is 0 Å². The predicted molar refractivity (Wildman–Crippen MR) is 85.3 cm³/mol. The molecule has 0 radical (unpaired) electrons. The van der Waals surface area contributed by atoms with Crippen LogP contribution in [-0.4, -0.2) is 26.2 Å². The van der Waals surface area contributed by atoms with Gasteiger partial charge in [0.15, 0.2) is 0 Å². The van der Waals surface area contributed by atoms with E-state index in [1.165, 1.54) is 0 Å². The molecule has 1 aromatic heterocycles. The molecule has 122 valence electrons. The van der Waals surface area contributed by atoms with Crippen molar-refractivity contribution in [3.8, 4) is 5.75 Å². The van der Waals surface area contributed by atoms with Crippen molar-refractivity contribution in [2.24, 2.45) is 0 Å². The van der Waals surface area contributed by atoms with Crippen molar-refractivity contribution in [3.05, 3.63) is 54.0 Å². The van der Waals surface area contributed by atoms with Crippen LogP contribution in [-0.2, 0) is 21.5 Å². The van der Waals surface area contributed by atoms with Crippen molar-refractivity contribution >= 4 is 5.91 Å². The van der Waals surface area contributed by atoms with Crippen LogP contribution in [0.15, 0.2) is 47.1 Å². The SMILES string of the molecule is COc1ccc(C2(C(=O)NCc3ccco3)CCOCC2)cc1. The second kappa shape index (κ2) is 6.87. The fourth-order valence-electron chi connectivity index (χ4n) is 3.03. The zero-order chi connectivity index (χ0) is 16.1. The van der Waals surface area contributed by atoms with E-state index in [0.29, 0.717) is 32.6 Å². The van der Waals surface area contributed by atoms with Crippen LogP contribution >= 0.6 is 0 Å². The second-order valence-corrected chi connectivity index (χ2v) is 5.69. The van der Waals surface area contributed by atoms with Gasteiger partial charge < -0.3 is 19.2 Å². The highest BCUT2D eigenvalue weighted by molar-refractivity contribution is 5.88. The number of rotatable bonds is 5. The summed E-state index contributed by atoms with van der Waals surface area (Å²) in [6, 6.07) is 11.4. The molecular weight excluding hydrogens is 294 g/mol. The molecule has 0 atom stereocenters. The van der Waals surface area contributed by atoms with Gasteiger partial charge in [0.2, 0.25) is 5.91 Å². The third-order valence-electron chi connectivity index (χ3n) is 4.43. The fourth-order valence-corrected chi connectivity index (χ4v) is 3.03. The summed E-state index contributed by atoms with van der Waals surface area (Å²) in [5.41, 5.74) is 0.440. The molecule has 5 nitrogen and oxygen atoms in total. The molecule has 1 fully saturated rings. The Hall–Kier alpha value is -2.27. The normalized spacial score (nSPS) is 16.7. The smallest absolute Gasteiger partial charge is 0.231 e. The lowest BCUT2D eigenvalue weighted by Crippen LogP contribution is -2.47. The first-order chi connectivity index (χ1) is 11.2. The number of amides is 1. The quantitative estimate of drug-likeness (QED) is 0.921. The second-order valence-electron chi connectivity index (χ2n) is 5.69. The third kappa shape index (κ3) is 3.24. The van der Waals surface area contributed by atoms with E-state index in [4.69, 9.17) is 13.9 Å². The topological polar surface area (TPSA) is 60.7 Å². The monoisotopic (exact) mass is 315 g/mol. The van der Waals surface area contributed by atoms with Crippen LogP contribution in [0.2, 0.25) is 0 Å². The molecule has 2 heterocycles. The molecule has 0 unspecified atom stereocenters. The minimum Gasteiger partial charge on any atom is -0.497 e. The van der Waals surface area contributed by atoms with E-state index in [1.807, 2.05) is 36.4 Å². The number of hydrogen-bond acceptors (Lipinski definition) is 4. The molecule has 1 amide bonds. The highest BCUT2D eigenvalue weighted by atomic mass is 16.5. The summed E-state index contributed by atoms with van der Waals surface area (Å²) in [6.45, 7) is 1.56. The number of hydrogen-bond donors (Lipinski definition) is 1. The highest BCUT2D eigenvalue weighted by Gasteiger charge is 2.41. The Kier molecular flexibility index (Phi) is 4.67. The number of benzene rings is 1. The molecule has 1 aliphatic rings. The first-order valence-corrected chi connectivity index (χ1v) is 7.77. The van der Waals surface area contributed by atoms with Crippen molar-refractivity contribution in [2.75, 3.05) is 20.3 Å². The van der Waals surface area contributed by atoms with Gasteiger partial charge in [0.05, 0.1) is 25.3 Å². The van der Waals surface area contributed by atoms with E-state index in [0.717, 1.165) is 17.1 Å². The molecule has 1 saturated heterocycles. The molecule has 1 aromatic carbocycles. The first-order valence-electron chi connectivity index (χ1n) is 7.77. The highest BCUT2D eigenvalue weighted by Crippen LogP contribution is 2.36.